The second-order valence-corrected chi connectivity index (χ2v) is 11.1. The van der Waals surface area contributed by atoms with Gasteiger partial charge in [0.05, 0.1) is 6.10 Å². The lowest BCUT2D eigenvalue weighted by atomic mass is 9.83. The summed E-state index contributed by atoms with van der Waals surface area (Å²) in [6.07, 6.45) is 9.55. The molecule has 4 heteroatoms. The van der Waals surface area contributed by atoms with E-state index >= 15 is 0 Å². The van der Waals surface area contributed by atoms with Gasteiger partial charge in [-0.2, -0.15) is 0 Å². The van der Waals surface area contributed by atoms with Gasteiger partial charge in [0.25, 0.3) is 0 Å². The van der Waals surface area contributed by atoms with Gasteiger partial charge < -0.3 is 9.47 Å². The van der Waals surface area contributed by atoms with E-state index in [9.17, 15) is 0 Å². The third-order valence-corrected chi connectivity index (χ3v) is 8.69. The smallest absolute Gasteiger partial charge is 0.234 e. The summed E-state index contributed by atoms with van der Waals surface area (Å²) in [6.45, 7) is 6.91. The fourth-order valence-corrected chi connectivity index (χ4v) is 6.71. The van der Waals surface area contributed by atoms with Crippen molar-refractivity contribution in [2.24, 2.45) is 17.8 Å². The average Bonchev–Trinajstić information content (AvgIpc) is 3.24. The van der Waals surface area contributed by atoms with Gasteiger partial charge in [0.15, 0.2) is 0 Å². The molecule has 6 atom stereocenters. The molecule has 3 aliphatic rings. The first-order chi connectivity index (χ1) is 13.9. The Morgan fingerprint density at radius 3 is 2.45 bits per heavy atom. The lowest BCUT2D eigenvalue weighted by Gasteiger charge is -2.38. The van der Waals surface area contributed by atoms with E-state index in [4.69, 9.17) is 9.47 Å². The zero-order valence-corrected chi connectivity index (χ0v) is 20.1. The highest BCUT2D eigenvalue weighted by Gasteiger charge is 2.61. The molecule has 2 aliphatic heterocycles. The van der Waals surface area contributed by atoms with Crippen LogP contribution in [0.1, 0.15) is 77.4 Å². The fourth-order valence-electron chi connectivity index (χ4n) is 5.86. The van der Waals surface area contributed by atoms with Crippen LogP contribution in [0.5, 0.6) is 0 Å². The van der Waals surface area contributed by atoms with Crippen molar-refractivity contribution in [3.8, 4) is 0 Å². The molecular weight excluding hydrogens is 426 g/mol. The molecule has 1 aromatic carbocycles. The summed E-state index contributed by atoms with van der Waals surface area (Å²) in [4.78, 5) is 2.78. The molecule has 1 aliphatic carbocycles. The van der Waals surface area contributed by atoms with E-state index in [1.165, 1.54) is 44.1 Å². The topological polar surface area (TPSA) is 21.7 Å². The molecule has 0 aromatic heterocycles. The molecule has 0 radical (unpaired) electrons. The lowest BCUT2D eigenvalue weighted by molar-refractivity contribution is -0.295. The zero-order valence-electron chi connectivity index (χ0n) is 18.5. The Hall–Kier alpha value is -0.420. The second-order valence-electron chi connectivity index (χ2n) is 9.93. The number of nitrogens with zero attached hydrogens (tertiary/aromatic N) is 1. The van der Waals surface area contributed by atoms with Crippen molar-refractivity contribution >= 4 is 15.9 Å². The van der Waals surface area contributed by atoms with Gasteiger partial charge in [-0.05, 0) is 44.2 Å². The van der Waals surface area contributed by atoms with Crippen molar-refractivity contribution in [1.29, 1.82) is 0 Å². The monoisotopic (exact) mass is 463 g/mol. The number of likely N-dealkylation sites (N-methyl/N-ethyl adjacent to an activating group) is 1. The summed E-state index contributed by atoms with van der Waals surface area (Å²) in [5.41, 5.74) is 1.25. The summed E-state index contributed by atoms with van der Waals surface area (Å²) >= 11 is 4.04. The minimum Gasteiger partial charge on any atom is -0.332 e. The van der Waals surface area contributed by atoms with Crippen molar-refractivity contribution < 1.29 is 9.47 Å². The highest BCUT2D eigenvalue weighted by Crippen LogP contribution is 2.53. The minimum atomic E-state index is -0.614. The third-order valence-electron chi connectivity index (χ3n) is 7.73. The van der Waals surface area contributed by atoms with Gasteiger partial charge in [0.2, 0.25) is 5.91 Å². The van der Waals surface area contributed by atoms with Crippen molar-refractivity contribution in [2.75, 3.05) is 7.05 Å². The van der Waals surface area contributed by atoms with E-state index in [0.717, 1.165) is 12.3 Å². The number of halogens is 1. The van der Waals surface area contributed by atoms with E-state index in [1.54, 1.807) is 0 Å². The molecule has 4 rings (SSSR count). The molecule has 0 unspecified atom stereocenters. The molecule has 3 fully saturated rings. The molecule has 2 saturated heterocycles. The predicted octanol–water partition coefficient (Wildman–Crippen LogP) is 6.53. The number of hydrogen-bond donors (Lipinski definition) is 0. The maximum absolute atomic E-state index is 6.88. The molecule has 1 saturated carbocycles. The van der Waals surface area contributed by atoms with Gasteiger partial charge in [0, 0.05) is 16.8 Å². The first kappa shape index (κ1) is 21.8. The van der Waals surface area contributed by atoms with E-state index < -0.39 is 5.91 Å². The van der Waals surface area contributed by atoms with E-state index in [-0.39, 0.29) is 18.2 Å². The molecular formula is C25H38BrNO2. The first-order valence-electron chi connectivity index (χ1n) is 11.7. The van der Waals surface area contributed by atoms with Crippen LogP contribution in [0.15, 0.2) is 30.3 Å². The zero-order chi connectivity index (χ0) is 20.6. The lowest BCUT2D eigenvalue weighted by Crippen LogP contribution is -2.51. The van der Waals surface area contributed by atoms with Crippen molar-refractivity contribution in [3.05, 3.63) is 35.9 Å². The number of alkyl halides is 1. The van der Waals surface area contributed by atoms with Crippen LogP contribution in [-0.4, -0.2) is 34.8 Å². The Kier molecular flexibility index (Phi) is 6.75. The maximum Gasteiger partial charge on any atom is 0.234 e. The molecule has 1 spiro atoms. The first-order valence-corrected chi connectivity index (χ1v) is 12.6. The Bertz CT molecular complexity index is 662. The summed E-state index contributed by atoms with van der Waals surface area (Å²) in [6, 6.07) is 10.9. The Morgan fingerprint density at radius 2 is 1.79 bits per heavy atom. The second kappa shape index (κ2) is 8.98. The minimum absolute atomic E-state index is 0.0494. The Balaban J connectivity index is 1.53. The largest absolute Gasteiger partial charge is 0.332 e. The highest BCUT2D eigenvalue weighted by molar-refractivity contribution is 9.09. The van der Waals surface area contributed by atoms with Crippen LogP contribution in [0.2, 0.25) is 0 Å². The van der Waals surface area contributed by atoms with Crippen molar-refractivity contribution in [1.82, 2.24) is 4.90 Å². The molecule has 0 N–H and O–H groups in total. The summed E-state index contributed by atoms with van der Waals surface area (Å²) in [7, 11) is 2.19. The Morgan fingerprint density at radius 1 is 1.10 bits per heavy atom. The quantitative estimate of drug-likeness (QED) is 0.463. The number of benzene rings is 1. The normalized spacial score (nSPS) is 37.6. The molecule has 0 amide bonds. The third kappa shape index (κ3) is 4.20. The fraction of sp³-hybridized carbons (Fsp3) is 0.760. The van der Waals surface area contributed by atoms with Gasteiger partial charge in [-0.1, -0.05) is 92.2 Å². The predicted molar refractivity (Wildman–Crippen MR) is 122 cm³/mol. The van der Waals surface area contributed by atoms with E-state index in [0.29, 0.717) is 16.7 Å². The van der Waals surface area contributed by atoms with Gasteiger partial charge in [-0.25, -0.2) is 4.90 Å². The van der Waals surface area contributed by atoms with Gasteiger partial charge in [0.1, 0.15) is 6.10 Å². The van der Waals surface area contributed by atoms with Crippen LogP contribution in [-0.2, 0) is 9.47 Å². The SMILES string of the molecule is CC(C)[C@@H]1C[C@@H]([C@H](Br)CC2CCCCC2)O[C@@]12O[C@@H](c1ccccc1)[C@H](C)N2C. The van der Waals surface area contributed by atoms with Crippen molar-refractivity contribution in [3.63, 3.8) is 0 Å². The van der Waals surface area contributed by atoms with Gasteiger partial charge in [-0.3, -0.25) is 0 Å². The molecule has 162 valence electrons. The summed E-state index contributed by atoms with van der Waals surface area (Å²) in [5.74, 6) is 1.12. The number of rotatable bonds is 5. The average molecular weight is 464 g/mol. The highest BCUT2D eigenvalue weighted by atomic mass is 79.9. The van der Waals surface area contributed by atoms with E-state index in [1.807, 2.05) is 0 Å². The van der Waals surface area contributed by atoms with Crippen LogP contribution in [0.25, 0.3) is 0 Å². The molecule has 0 bridgehead atoms. The number of hydrogen-bond acceptors (Lipinski definition) is 3. The van der Waals surface area contributed by atoms with Crippen molar-refractivity contribution in [2.45, 2.75) is 94.7 Å². The van der Waals surface area contributed by atoms with Crippen LogP contribution in [0, 0.1) is 17.8 Å². The van der Waals surface area contributed by atoms with Gasteiger partial charge in [-0.15, -0.1) is 0 Å². The van der Waals surface area contributed by atoms with Crippen LogP contribution < -0.4 is 0 Å². The maximum atomic E-state index is 6.88. The summed E-state index contributed by atoms with van der Waals surface area (Å²) in [5, 5.41) is 0. The number of ether oxygens (including phenoxy) is 2. The van der Waals surface area contributed by atoms with Crippen LogP contribution in [0.4, 0.5) is 0 Å². The van der Waals surface area contributed by atoms with Gasteiger partial charge >= 0.3 is 0 Å². The molecule has 1 aromatic rings. The molecule has 29 heavy (non-hydrogen) atoms. The van der Waals surface area contributed by atoms with Crippen LogP contribution in [0.3, 0.4) is 0 Å². The summed E-state index contributed by atoms with van der Waals surface area (Å²) < 4.78 is 13.7. The molecule has 2 heterocycles. The van der Waals surface area contributed by atoms with Crippen LogP contribution >= 0.6 is 15.9 Å². The van der Waals surface area contributed by atoms with E-state index in [2.05, 4.69) is 79.0 Å². The Labute approximate surface area is 185 Å². The molecule has 3 nitrogen and oxygen atoms in total. The standard InChI is InChI=1S/C25H38BrNO2/c1-17(2)21-16-23(22(26)15-19-11-7-5-8-12-19)28-25(21)27(4)18(3)24(29-25)20-13-9-6-10-14-20/h6,9-10,13-14,17-19,21-24H,5,7-8,11-12,15-16H2,1-4H3/t18-,21-,22+,23-,24+,25+/m0/s1.